The normalized spacial score (nSPS) is 44.7. The monoisotopic (exact) mass is 208 g/mol. The topological polar surface area (TPSA) is 26.3 Å². The average Bonchev–Trinajstić information content (AvgIpc) is 2.30. The van der Waals surface area contributed by atoms with Crippen molar-refractivity contribution in [3.63, 3.8) is 0 Å². The number of hydrogen-bond donors (Lipinski definition) is 0. The molecule has 2 nitrogen and oxygen atoms in total. The van der Waals surface area contributed by atoms with E-state index in [0.717, 1.165) is 0 Å². The Balaban J connectivity index is 2.66. The molecule has 1 rings (SSSR count). The number of thioether (sulfide) groups is 1. The van der Waals surface area contributed by atoms with Gasteiger partial charge in [0.1, 0.15) is 5.44 Å². The largest absolute Gasteiger partial charge is 0.371 e. The maximum atomic E-state index is 11.3. The first-order valence-corrected chi connectivity index (χ1v) is 6.64. The number of hydrogen-bond acceptors (Lipinski definition) is 3. The summed E-state index contributed by atoms with van der Waals surface area (Å²) >= 11 is 1.71. The van der Waals surface area contributed by atoms with Crippen LogP contribution in [0.4, 0.5) is 0 Å². The van der Waals surface area contributed by atoms with Gasteiger partial charge >= 0.3 is 0 Å². The molecule has 0 radical (unpaired) electrons. The first kappa shape index (κ1) is 10.5. The molecule has 0 aromatic carbocycles. The number of ether oxygens (including phenoxy) is 1. The fourth-order valence-corrected chi connectivity index (χ4v) is 4.70. The molecule has 0 saturated carbocycles. The lowest BCUT2D eigenvalue weighted by Crippen LogP contribution is -2.19. The van der Waals surface area contributed by atoms with E-state index in [2.05, 4.69) is 13.8 Å². The maximum Gasteiger partial charge on any atom is 0.106 e. The van der Waals surface area contributed by atoms with Crippen molar-refractivity contribution in [2.45, 2.75) is 23.9 Å². The van der Waals surface area contributed by atoms with Crippen molar-refractivity contribution in [2.75, 3.05) is 13.4 Å². The predicted molar refractivity (Wildman–Crippen MR) is 54.6 cm³/mol. The third-order valence-electron chi connectivity index (χ3n) is 2.52. The molecule has 0 aromatic heterocycles. The molecule has 0 aliphatic carbocycles. The van der Waals surface area contributed by atoms with E-state index < -0.39 is 10.8 Å². The Hall–Kier alpha value is 0.460. The fraction of sp³-hybridized carbons (Fsp3) is 1.00. The van der Waals surface area contributed by atoms with Crippen molar-refractivity contribution >= 4 is 22.6 Å². The smallest absolute Gasteiger partial charge is 0.106 e. The maximum absolute atomic E-state index is 11.3. The molecule has 1 saturated heterocycles. The molecule has 12 heavy (non-hydrogen) atoms. The summed E-state index contributed by atoms with van der Waals surface area (Å²) in [5, 5.41) is 0. The van der Waals surface area contributed by atoms with Gasteiger partial charge in [0.15, 0.2) is 0 Å². The number of rotatable bonds is 2. The molecule has 4 heteroatoms. The average molecular weight is 208 g/mol. The second-order valence-electron chi connectivity index (χ2n) is 3.33. The van der Waals surface area contributed by atoms with Gasteiger partial charge < -0.3 is 4.74 Å². The van der Waals surface area contributed by atoms with Crippen LogP contribution in [0.3, 0.4) is 0 Å². The van der Waals surface area contributed by atoms with Gasteiger partial charge in [0.2, 0.25) is 0 Å². The van der Waals surface area contributed by atoms with Crippen LogP contribution in [0.15, 0.2) is 0 Å². The zero-order valence-corrected chi connectivity index (χ0v) is 9.58. The van der Waals surface area contributed by atoms with Crippen LogP contribution >= 0.6 is 11.8 Å². The van der Waals surface area contributed by atoms with Crippen LogP contribution in [0.25, 0.3) is 0 Å². The van der Waals surface area contributed by atoms with Crippen LogP contribution in [-0.4, -0.2) is 27.6 Å². The van der Waals surface area contributed by atoms with Gasteiger partial charge in [-0.05, 0) is 11.8 Å². The summed E-state index contributed by atoms with van der Waals surface area (Å²) in [6.07, 6.45) is 1.78. The first-order valence-electron chi connectivity index (χ1n) is 4.08. The van der Waals surface area contributed by atoms with Gasteiger partial charge in [-0.15, -0.1) is 11.8 Å². The van der Waals surface area contributed by atoms with Crippen LogP contribution < -0.4 is 0 Å². The molecular formula is C8H16O2S2. The molecule has 1 aliphatic heterocycles. The highest BCUT2D eigenvalue weighted by Crippen LogP contribution is 2.44. The molecule has 0 N–H and O–H groups in total. The van der Waals surface area contributed by atoms with Gasteiger partial charge in [-0.2, -0.15) is 0 Å². The van der Waals surface area contributed by atoms with E-state index in [1.807, 2.05) is 0 Å². The molecule has 0 aromatic rings. The molecule has 72 valence electrons. The third kappa shape index (κ3) is 1.86. The third-order valence-corrected chi connectivity index (χ3v) is 6.33. The Kier molecular flexibility index (Phi) is 3.61. The summed E-state index contributed by atoms with van der Waals surface area (Å²) in [5.41, 5.74) is 0.230. The van der Waals surface area contributed by atoms with Crippen molar-refractivity contribution in [3.05, 3.63) is 0 Å². The molecule has 0 spiro atoms. The van der Waals surface area contributed by atoms with Crippen LogP contribution in [0.5, 0.6) is 0 Å². The minimum atomic E-state index is -0.731. The standard InChI is InChI=1S/C8H16O2S2/c1-5-6(2)8(12(4)9)11-7(5)10-3/h5-8H,1-4H3/t5-,6-,7+,8-,12?/m1/s1. The second-order valence-corrected chi connectivity index (χ2v) is 6.37. The van der Waals surface area contributed by atoms with Crippen LogP contribution in [-0.2, 0) is 15.5 Å². The molecule has 1 heterocycles. The lowest BCUT2D eigenvalue weighted by Gasteiger charge is -2.15. The zero-order chi connectivity index (χ0) is 9.30. The van der Waals surface area contributed by atoms with E-state index in [0.29, 0.717) is 11.8 Å². The van der Waals surface area contributed by atoms with E-state index in [4.69, 9.17) is 4.74 Å². The minimum absolute atomic E-state index is 0.230. The van der Waals surface area contributed by atoms with Gasteiger partial charge in [-0.3, -0.25) is 4.21 Å². The lowest BCUT2D eigenvalue weighted by atomic mass is 9.99. The Labute approximate surface area is 80.9 Å². The second kappa shape index (κ2) is 4.11. The zero-order valence-electron chi connectivity index (χ0n) is 7.94. The van der Waals surface area contributed by atoms with Gasteiger partial charge in [-0.1, -0.05) is 13.8 Å². The Morgan fingerprint density at radius 2 is 1.92 bits per heavy atom. The predicted octanol–water partition coefficient (Wildman–Crippen LogP) is 1.68. The van der Waals surface area contributed by atoms with Crippen LogP contribution in [0.1, 0.15) is 13.8 Å². The summed E-state index contributed by atoms with van der Waals surface area (Å²) in [5.74, 6) is 1.000. The van der Waals surface area contributed by atoms with E-state index in [9.17, 15) is 4.21 Å². The van der Waals surface area contributed by atoms with Crippen molar-refractivity contribution in [1.82, 2.24) is 0 Å². The van der Waals surface area contributed by atoms with E-state index >= 15 is 0 Å². The van der Waals surface area contributed by atoms with Crippen molar-refractivity contribution in [2.24, 2.45) is 11.8 Å². The Morgan fingerprint density at radius 1 is 1.33 bits per heavy atom. The van der Waals surface area contributed by atoms with Gasteiger partial charge in [-0.25, -0.2) is 0 Å². The quantitative estimate of drug-likeness (QED) is 0.690. The molecular weight excluding hydrogens is 192 g/mol. The molecule has 0 bridgehead atoms. The summed E-state index contributed by atoms with van der Waals surface area (Å²) < 4.78 is 16.9. The highest BCUT2D eigenvalue weighted by Gasteiger charge is 2.40. The minimum Gasteiger partial charge on any atom is -0.371 e. The number of methoxy groups -OCH3 is 1. The summed E-state index contributed by atoms with van der Waals surface area (Å²) in [6, 6.07) is 0. The van der Waals surface area contributed by atoms with Crippen molar-refractivity contribution in [3.8, 4) is 0 Å². The van der Waals surface area contributed by atoms with Gasteiger partial charge in [0.25, 0.3) is 0 Å². The highest BCUT2D eigenvalue weighted by atomic mass is 32.2. The Morgan fingerprint density at radius 3 is 2.17 bits per heavy atom. The van der Waals surface area contributed by atoms with Gasteiger partial charge in [0.05, 0.1) is 4.58 Å². The Bertz CT molecular complexity index is 184. The van der Waals surface area contributed by atoms with Crippen molar-refractivity contribution < 1.29 is 8.95 Å². The van der Waals surface area contributed by atoms with E-state index in [-0.39, 0.29) is 10.0 Å². The molecule has 5 atom stereocenters. The van der Waals surface area contributed by atoms with Crippen LogP contribution in [0, 0.1) is 11.8 Å². The summed E-state index contributed by atoms with van der Waals surface area (Å²) in [7, 11) is 0.993. The molecule has 1 aliphatic rings. The molecule has 1 fully saturated rings. The fourth-order valence-electron chi connectivity index (χ4n) is 1.53. The first-order chi connectivity index (χ1) is 5.57. The van der Waals surface area contributed by atoms with E-state index in [1.165, 1.54) is 0 Å². The highest BCUT2D eigenvalue weighted by molar-refractivity contribution is 8.11. The summed E-state index contributed by atoms with van der Waals surface area (Å²) in [4.78, 5) is 0. The van der Waals surface area contributed by atoms with E-state index in [1.54, 1.807) is 25.1 Å². The van der Waals surface area contributed by atoms with Crippen molar-refractivity contribution in [1.29, 1.82) is 0 Å². The molecule has 1 unspecified atom stereocenters. The SMILES string of the molecule is CO[C@H]1S[C@H](S(C)=O)[C@H](C)[C@H]1C. The molecule has 0 amide bonds. The van der Waals surface area contributed by atoms with Gasteiger partial charge in [0, 0.05) is 24.2 Å². The summed E-state index contributed by atoms with van der Waals surface area (Å²) in [6.45, 7) is 4.32. The van der Waals surface area contributed by atoms with Crippen LogP contribution in [0.2, 0.25) is 0 Å². The lowest BCUT2D eigenvalue weighted by molar-refractivity contribution is 0.120.